The molecule has 160 valence electrons. The van der Waals surface area contributed by atoms with E-state index in [0.717, 1.165) is 0 Å². The summed E-state index contributed by atoms with van der Waals surface area (Å²) in [5, 5.41) is 21.8. The van der Waals surface area contributed by atoms with Crippen LogP contribution in [0.5, 0.6) is 0 Å². The van der Waals surface area contributed by atoms with Crippen molar-refractivity contribution in [2.45, 2.75) is 39.3 Å². The Morgan fingerprint density at radius 3 is 2.63 bits per heavy atom. The summed E-state index contributed by atoms with van der Waals surface area (Å²) in [6.07, 6.45) is 2.59. The van der Waals surface area contributed by atoms with Gasteiger partial charge in [0, 0.05) is 31.7 Å². The van der Waals surface area contributed by atoms with Gasteiger partial charge >= 0.3 is 11.8 Å². The number of hydrogen-bond donors (Lipinski definition) is 1. The Labute approximate surface area is 174 Å². The number of ether oxygens (including phenoxy) is 1. The number of amides is 1. The Morgan fingerprint density at radius 1 is 1.27 bits per heavy atom. The predicted octanol–water partition coefficient (Wildman–Crippen LogP) is 2.97. The second-order valence-electron chi connectivity index (χ2n) is 8.02. The van der Waals surface area contributed by atoms with Crippen molar-refractivity contribution in [1.29, 1.82) is 0 Å². The molecule has 1 aliphatic rings. The van der Waals surface area contributed by atoms with Crippen LogP contribution in [0, 0.1) is 10.1 Å². The van der Waals surface area contributed by atoms with Crippen LogP contribution in [0.4, 0.5) is 27.8 Å². The lowest BCUT2D eigenvalue weighted by Gasteiger charge is -2.40. The topological polar surface area (TPSA) is 127 Å². The smallest absolute Gasteiger partial charge is 0.410 e. The second-order valence-corrected chi connectivity index (χ2v) is 8.02. The van der Waals surface area contributed by atoms with Crippen LogP contribution in [0.2, 0.25) is 0 Å². The first kappa shape index (κ1) is 21.2. The van der Waals surface area contributed by atoms with Crippen LogP contribution in [0.25, 0.3) is 0 Å². The minimum atomic E-state index is -0.556. The average Bonchev–Trinajstić information content (AvgIpc) is 2.67. The number of nitrogens with zero attached hydrogens (tertiary/aromatic N) is 6. The number of carbonyl (C=O) groups is 1. The van der Waals surface area contributed by atoms with Gasteiger partial charge in [0.25, 0.3) is 0 Å². The maximum atomic E-state index is 12.4. The van der Waals surface area contributed by atoms with Crippen molar-refractivity contribution < 1.29 is 14.5 Å². The highest BCUT2D eigenvalue weighted by atomic mass is 16.6. The van der Waals surface area contributed by atoms with Crippen LogP contribution in [0.1, 0.15) is 27.7 Å². The van der Waals surface area contributed by atoms with Gasteiger partial charge in [-0.1, -0.05) is 0 Å². The molecule has 2 aromatic heterocycles. The molecule has 1 saturated heterocycles. The van der Waals surface area contributed by atoms with E-state index in [1.807, 2.05) is 32.6 Å². The number of nitrogens with one attached hydrogen (secondary N) is 1. The Hall–Kier alpha value is -3.50. The monoisotopic (exact) mass is 415 g/mol. The van der Waals surface area contributed by atoms with Gasteiger partial charge in [-0.25, -0.2) is 9.78 Å². The maximum absolute atomic E-state index is 12.4. The predicted molar refractivity (Wildman–Crippen MR) is 111 cm³/mol. The lowest BCUT2D eigenvalue weighted by Crippen LogP contribution is -2.54. The largest absolute Gasteiger partial charge is 0.444 e. The molecule has 11 nitrogen and oxygen atoms in total. The number of rotatable bonds is 4. The molecule has 0 aromatic carbocycles. The summed E-state index contributed by atoms with van der Waals surface area (Å²) in [5.74, 6) is 0.703. The fourth-order valence-electron chi connectivity index (χ4n) is 3.13. The molecule has 1 aliphatic heterocycles. The van der Waals surface area contributed by atoms with Crippen LogP contribution < -0.4 is 10.2 Å². The van der Waals surface area contributed by atoms with Crippen LogP contribution in [0.15, 0.2) is 30.6 Å². The van der Waals surface area contributed by atoms with Gasteiger partial charge in [-0.05, 0) is 39.8 Å². The average molecular weight is 415 g/mol. The first-order valence-corrected chi connectivity index (χ1v) is 9.58. The van der Waals surface area contributed by atoms with Crippen molar-refractivity contribution in [2.24, 2.45) is 0 Å². The van der Waals surface area contributed by atoms with Gasteiger partial charge < -0.3 is 19.9 Å². The summed E-state index contributed by atoms with van der Waals surface area (Å²) in [4.78, 5) is 31.4. The normalized spacial score (nSPS) is 16.9. The zero-order chi connectivity index (χ0) is 21.9. The second kappa shape index (κ2) is 8.47. The van der Waals surface area contributed by atoms with Crippen LogP contribution >= 0.6 is 0 Å². The molecule has 0 aliphatic carbocycles. The first-order chi connectivity index (χ1) is 14.1. The molecule has 0 bridgehead atoms. The third-order valence-corrected chi connectivity index (χ3v) is 4.48. The van der Waals surface area contributed by atoms with E-state index in [-0.39, 0.29) is 23.6 Å². The lowest BCUT2D eigenvalue weighted by atomic mass is 10.2. The van der Waals surface area contributed by atoms with Crippen molar-refractivity contribution >= 4 is 29.1 Å². The van der Waals surface area contributed by atoms with E-state index in [2.05, 4.69) is 20.5 Å². The molecule has 1 fully saturated rings. The molecule has 30 heavy (non-hydrogen) atoms. The van der Waals surface area contributed by atoms with E-state index in [4.69, 9.17) is 4.74 Å². The van der Waals surface area contributed by atoms with E-state index in [0.29, 0.717) is 31.1 Å². The highest BCUT2D eigenvalue weighted by molar-refractivity contribution is 5.70. The summed E-state index contributed by atoms with van der Waals surface area (Å²) in [5.41, 5.74) is -0.157. The van der Waals surface area contributed by atoms with Gasteiger partial charge in [0.15, 0.2) is 0 Å². The number of carbonyl (C=O) groups excluding carboxylic acids is 1. The molecule has 3 rings (SSSR count). The zero-order valence-corrected chi connectivity index (χ0v) is 17.4. The van der Waals surface area contributed by atoms with Gasteiger partial charge in [0.2, 0.25) is 5.82 Å². The Kier molecular flexibility index (Phi) is 5.99. The maximum Gasteiger partial charge on any atom is 0.410 e. The van der Waals surface area contributed by atoms with Crippen LogP contribution in [0.3, 0.4) is 0 Å². The SMILES string of the molecule is C[C@@H]1CN(C(=O)OC(C)(C)C)CCN1c1ccc([N+](=O)[O-])c(Nc2ccnnc2)n1. The number of hydrogen-bond acceptors (Lipinski definition) is 9. The Morgan fingerprint density at radius 2 is 2.03 bits per heavy atom. The third-order valence-electron chi connectivity index (χ3n) is 4.48. The third kappa shape index (κ3) is 5.10. The Bertz CT molecular complexity index is 917. The number of aromatic nitrogens is 3. The lowest BCUT2D eigenvalue weighted by molar-refractivity contribution is -0.384. The van der Waals surface area contributed by atoms with Crippen molar-refractivity contribution in [3.8, 4) is 0 Å². The van der Waals surface area contributed by atoms with Crippen LogP contribution in [-0.4, -0.2) is 62.4 Å². The van der Waals surface area contributed by atoms with E-state index in [1.165, 1.54) is 18.5 Å². The van der Waals surface area contributed by atoms with E-state index < -0.39 is 10.5 Å². The highest BCUT2D eigenvalue weighted by Crippen LogP contribution is 2.29. The minimum Gasteiger partial charge on any atom is -0.444 e. The van der Waals surface area contributed by atoms with E-state index >= 15 is 0 Å². The van der Waals surface area contributed by atoms with Gasteiger partial charge in [0.05, 0.1) is 23.0 Å². The summed E-state index contributed by atoms with van der Waals surface area (Å²) in [6.45, 7) is 8.93. The van der Waals surface area contributed by atoms with Gasteiger partial charge in [-0.2, -0.15) is 10.2 Å². The molecule has 1 N–H and O–H groups in total. The van der Waals surface area contributed by atoms with E-state index in [9.17, 15) is 14.9 Å². The van der Waals surface area contributed by atoms with Crippen LogP contribution in [-0.2, 0) is 4.74 Å². The molecule has 3 heterocycles. The summed E-state index contributed by atoms with van der Waals surface area (Å²) in [6, 6.07) is 4.64. The molecular formula is C19H25N7O4. The molecule has 0 saturated carbocycles. The summed E-state index contributed by atoms with van der Waals surface area (Å²) >= 11 is 0. The van der Waals surface area contributed by atoms with Crippen molar-refractivity contribution in [1.82, 2.24) is 20.1 Å². The molecule has 0 radical (unpaired) electrons. The summed E-state index contributed by atoms with van der Waals surface area (Å²) in [7, 11) is 0. The number of anilines is 3. The van der Waals surface area contributed by atoms with Gasteiger partial charge in [-0.15, -0.1) is 0 Å². The number of pyridine rings is 1. The number of piperazine rings is 1. The molecule has 1 amide bonds. The standard InChI is InChI=1S/C19H25N7O4/c1-13-12-24(18(27)30-19(2,3)4)9-10-25(13)16-6-5-15(26(28)29)17(23-16)22-14-7-8-20-21-11-14/h5-8,11,13H,9-10,12H2,1-4H3,(H,20,22,23)/t13-/m1/s1. The van der Waals surface area contributed by atoms with Crippen molar-refractivity contribution in [3.63, 3.8) is 0 Å². The van der Waals surface area contributed by atoms with Gasteiger partial charge in [-0.3, -0.25) is 10.1 Å². The molecule has 11 heteroatoms. The van der Waals surface area contributed by atoms with Crippen molar-refractivity contribution in [2.75, 3.05) is 29.9 Å². The number of nitro groups is 1. The quantitative estimate of drug-likeness (QED) is 0.592. The van der Waals surface area contributed by atoms with Gasteiger partial charge in [0.1, 0.15) is 11.4 Å². The van der Waals surface area contributed by atoms with E-state index in [1.54, 1.807) is 17.0 Å². The first-order valence-electron chi connectivity index (χ1n) is 9.58. The Balaban J connectivity index is 1.78. The molecule has 1 atom stereocenters. The molecular weight excluding hydrogens is 390 g/mol. The summed E-state index contributed by atoms with van der Waals surface area (Å²) < 4.78 is 5.45. The minimum absolute atomic E-state index is 0.0457. The highest BCUT2D eigenvalue weighted by Gasteiger charge is 2.31. The fraction of sp³-hybridized carbons (Fsp3) is 0.474. The zero-order valence-electron chi connectivity index (χ0n) is 17.4. The molecule has 0 spiro atoms. The molecule has 2 aromatic rings. The molecule has 0 unspecified atom stereocenters. The fourth-order valence-corrected chi connectivity index (χ4v) is 3.13. The van der Waals surface area contributed by atoms with Crippen molar-refractivity contribution in [3.05, 3.63) is 40.7 Å².